The number of hydrogen-bond acceptors (Lipinski definition) is 6. The van der Waals surface area contributed by atoms with Crippen molar-refractivity contribution in [2.24, 2.45) is 0 Å². The highest BCUT2D eigenvalue weighted by Crippen LogP contribution is 2.16. The quantitative estimate of drug-likeness (QED) is 0.0261. The molecule has 0 heterocycles. The van der Waals surface area contributed by atoms with Crippen LogP contribution < -0.4 is 0 Å². The largest absolute Gasteiger partial charge is 0.462 e. The monoisotopic (exact) mass is 1040 g/mol. The maximum absolute atomic E-state index is 12.9. The van der Waals surface area contributed by atoms with E-state index >= 15 is 0 Å². The van der Waals surface area contributed by atoms with Crippen molar-refractivity contribution in [3.8, 4) is 0 Å². The second kappa shape index (κ2) is 62.9. The topological polar surface area (TPSA) is 78.9 Å². The van der Waals surface area contributed by atoms with E-state index in [1.165, 1.54) is 141 Å². The van der Waals surface area contributed by atoms with Gasteiger partial charge in [-0.25, -0.2) is 0 Å². The fourth-order valence-corrected chi connectivity index (χ4v) is 8.87. The lowest BCUT2D eigenvalue weighted by atomic mass is 10.0. The Balaban J connectivity index is 4.27. The Morgan fingerprint density at radius 2 is 0.520 bits per heavy atom. The van der Waals surface area contributed by atoms with E-state index < -0.39 is 6.10 Å². The number of esters is 3. The van der Waals surface area contributed by atoms with E-state index in [-0.39, 0.29) is 31.1 Å². The molecule has 0 rings (SSSR count). The van der Waals surface area contributed by atoms with Crippen LogP contribution in [0.5, 0.6) is 0 Å². The average Bonchev–Trinajstić information content (AvgIpc) is 3.41. The Morgan fingerprint density at radius 3 is 0.813 bits per heavy atom. The Hall–Kier alpha value is -3.67. The molecule has 0 amide bonds. The zero-order valence-corrected chi connectivity index (χ0v) is 49.3. The summed E-state index contributed by atoms with van der Waals surface area (Å²) in [7, 11) is 0. The summed E-state index contributed by atoms with van der Waals surface area (Å²) in [6.45, 7) is 6.53. The third-order valence-electron chi connectivity index (χ3n) is 13.6. The van der Waals surface area contributed by atoms with Crippen molar-refractivity contribution in [2.45, 2.75) is 309 Å². The van der Waals surface area contributed by atoms with E-state index in [1.807, 2.05) is 0 Å². The standard InChI is InChI=1S/C69H118O6/c1-4-7-10-13-16-19-22-25-26-27-28-29-30-31-32-33-34-35-36-37-38-39-40-41-42-45-47-50-53-56-59-62-68(71)74-65-66(75-69(72)63-60-57-54-51-48-44-24-21-18-15-12-9-6-3)64-73-67(70)61-58-55-52-49-46-43-23-20-17-14-11-8-5-2/h7,10,16,19,25-26,28-29,31-32,34-35,37-38,40-41,66H,4-6,8-9,11-15,17-18,20-24,27,30,33,36,39,42-65H2,1-3H3/b10-7-,19-16-,26-25-,29-28-,32-31-,35-34-,38-37-,41-40-. The first-order chi connectivity index (χ1) is 37.0. The van der Waals surface area contributed by atoms with Crippen LogP contribution in [-0.2, 0) is 28.6 Å². The van der Waals surface area contributed by atoms with E-state index in [0.29, 0.717) is 19.3 Å². The zero-order valence-electron chi connectivity index (χ0n) is 49.3. The molecule has 0 saturated carbocycles. The Morgan fingerprint density at radius 1 is 0.280 bits per heavy atom. The van der Waals surface area contributed by atoms with Crippen molar-refractivity contribution < 1.29 is 28.6 Å². The second-order valence-corrected chi connectivity index (χ2v) is 21.0. The minimum Gasteiger partial charge on any atom is -0.462 e. The normalized spacial score (nSPS) is 12.7. The Labute approximate surface area is 464 Å². The first-order valence-corrected chi connectivity index (χ1v) is 31.7. The summed E-state index contributed by atoms with van der Waals surface area (Å²) in [4.78, 5) is 38.2. The molecule has 75 heavy (non-hydrogen) atoms. The highest BCUT2D eigenvalue weighted by molar-refractivity contribution is 5.71. The summed E-state index contributed by atoms with van der Waals surface area (Å²) in [5.74, 6) is -0.882. The molecule has 0 aromatic rings. The number of ether oxygens (including phenoxy) is 3. The highest BCUT2D eigenvalue weighted by atomic mass is 16.6. The maximum atomic E-state index is 12.9. The van der Waals surface area contributed by atoms with Crippen molar-refractivity contribution >= 4 is 17.9 Å². The van der Waals surface area contributed by atoms with Gasteiger partial charge in [0, 0.05) is 19.3 Å². The van der Waals surface area contributed by atoms with E-state index in [2.05, 4.69) is 118 Å². The third kappa shape index (κ3) is 61.1. The molecule has 0 aliphatic rings. The van der Waals surface area contributed by atoms with Gasteiger partial charge in [-0.1, -0.05) is 298 Å². The predicted octanol–water partition coefficient (Wildman–Crippen LogP) is 21.7. The van der Waals surface area contributed by atoms with Gasteiger partial charge in [-0.2, -0.15) is 0 Å². The van der Waals surface area contributed by atoms with Crippen LogP contribution in [-0.4, -0.2) is 37.2 Å². The van der Waals surface area contributed by atoms with Crippen molar-refractivity contribution in [1.82, 2.24) is 0 Å². The zero-order chi connectivity index (χ0) is 54.3. The number of hydrogen-bond donors (Lipinski definition) is 0. The molecule has 0 spiro atoms. The van der Waals surface area contributed by atoms with Gasteiger partial charge in [-0.15, -0.1) is 0 Å². The van der Waals surface area contributed by atoms with Gasteiger partial charge >= 0.3 is 17.9 Å². The lowest BCUT2D eigenvalue weighted by molar-refractivity contribution is -0.167. The van der Waals surface area contributed by atoms with Gasteiger partial charge in [0.1, 0.15) is 13.2 Å². The van der Waals surface area contributed by atoms with Crippen LogP contribution in [0.4, 0.5) is 0 Å². The molecule has 1 atom stereocenters. The lowest BCUT2D eigenvalue weighted by Crippen LogP contribution is -2.30. The van der Waals surface area contributed by atoms with Crippen molar-refractivity contribution in [3.05, 3.63) is 97.2 Å². The van der Waals surface area contributed by atoms with Crippen LogP contribution in [0.2, 0.25) is 0 Å². The molecule has 6 heteroatoms. The molecular formula is C69H118O6. The number of rotatable bonds is 57. The predicted molar refractivity (Wildman–Crippen MR) is 325 cm³/mol. The molecule has 6 nitrogen and oxygen atoms in total. The van der Waals surface area contributed by atoms with Crippen molar-refractivity contribution in [3.63, 3.8) is 0 Å². The smallest absolute Gasteiger partial charge is 0.306 e. The summed E-state index contributed by atoms with van der Waals surface area (Å²) >= 11 is 0. The van der Waals surface area contributed by atoms with Gasteiger partial charge in [0.05, 0.1) is 0 Å². The summed E-state index contributed by atoms with van der Waals surface area (Å²) < 4.78 is 16.9. The van der Waals surface area contributed by atoms with Gasteiger partial charge in [0.15, 0.2) is 6.10 Å². The minimum atomic E-state index is -0.780. The summed E-state index contributed by atoms with van der Waals surface area (Å²) in [5.41, 5.74) is 0. The Kier molecular flexibility index (Phi) is 59.8. The number of carbonyl (C=O) groups excluding carboxylic acids is 3. The molecule has 0 fully saturated rings. The van der Waals surface area contributed by atoms with Crippen LogP contribution in [0, 0.1) is 0 Å². The van der Waals surface area contributed by atoms with Crippen LogP contribution in [0.25, 0.3) is 0 Å². The average molecular weight is 1040 g/mol. The minimum absolute atomic E-state index is 0.0775. The first-order valence-electron chi connectivity index (χ1n) is 31.7. The maximum Gasteiger partial charge on any atom is 0.306 e. The van der Waals surface area contributed by atoms with Gasteiger partial charge < -0.3 is 14.2 Å². The molecule has 0 aliphatic heterocycles. The van der Waals surface area contributed by atoms with E-state index in [9.17, 15) is 14.4 Å². The van der Waals surface area contributed by atoms with Crippen molar-refractivity contribution in [2.75, 3.05) is 13.2 Å². The molecule has 1 unspecified atom stereocenters. The Bertz CT molecular complexity index is 1480. The first kappa shape index (κ1) is 71.3. The van der Waals surface area contributed by atoms with Crippen LogP contribution in [0.15, 0.2) is 97.2 Å². The molecule has 0 bridgehead atoms. The number of allylic oxidation sites excluding steroid dienone is 16. The SMILES string of the molecule is CC/C=C\C/C=C\C/C=C\C/C=C\C/C=C\C/C=C\C/C=C\C/C=C\CCCCCCCCC(=O)OCC(COC(=O)CCCCCCCCCCCCCCC)OC(=O)CCCCCCCCCCCCCCC. The molecule has 430 valence electrons. The van der Waals surface area contributed by atoms with E-state index in [1.54, 1.807) is 0 Å². The molecule has 0 saturated heterocycles. The van der Waals surface area contributed by atoms with Crippen molar-refractivity contribution in [1.29, 1.82) is 0 Å². The van der Waals surface area contributed by atoms with Gasteiger partial charge in [0.2, 0.25) is 0 Å². The highest BCUT2D eigenvalue weighted by Gasteiger charge is 2.19. The molecule has 0 aliphatic carbocycles. The summed E-state index contributed by atoms with van der Waals surface area (Å²) in [5, 5.41) is 0. The van der Waals surface area contributed by atoms with E-state index in [4.69, 9.17) is 14.2 Å². The summed E-state index contributed by atoms with van der Waals surface area (Å²) in [6, 6.07) is 0. The van der Waals surface area contributed by atoms with Gasteiger partial charge in [0.25, 0.3) is 0 Å². The lowest BCUT2D eigenvalue weighted by Gasteiger charge is -2.18. The molecular weight excluding hydrogens is 925 g/mol. The third-order valence-corrected chi connectivity index (χ3v) is 13.6. The molecule has 0 radical (unpaired) electrons. The fraction of sp³-hybridized carbons (Fsp3) is 0.725. The van der Waals surface area contributed by atoms with Gasteiger partial charge in [-0.3, -0.25) is 14.4 Å². The second-order valence-electron chi connectivity index (χ2n) is 21.0. The summed E-state index contributed by atoms with van der Waals surface area (Å²) in [6.07, 6.45) is 84.1. The van der Waals surface area contributed by atoms with Crippen LogP contribution >= 0.6 is 0 Å². The van der Waals surface area contributed by atoms with Gasteiger partial charge in [-0.05, 0) is 83.5 Å². The number of carbonyl (C=O) groups is 3. The molecule has 0 aromatic heterocycles. The number of unbranched alkanes of at least 4 members (excludes halogenated alkanes) is 30. The van der Waals surface area contributed by atoms with Crippen LogP contribution in [0.1, 0.15) is 303 Å². The molecule has 0 aromatic carbocycles. The van der Waals surface area contributed by atoms with E-state index in [0.717, 1.165) is 122 Å². The van der Waals surface area contributed by atoms with Crippen LogP contribution in [0.3, 0.4) is 0 Å². The fourth-order valence-electron chi connectivity index (χ4n) is 8.87. The molecule has 0 N–H and O–H groups in total.